The van der Waals surface area contributed by atoms with Crippen LogP contribution in [0.2, 0.25) is 0 Å². The summed E-state index contributed by atoms with van der Waals surface area (Å²) < 4.78 is 14.9. The third-order valence-electron chi connectivity index (χ3n) is 6.49. The minimum atomic E-state index is -0.306. The highest BCUT2D eigenvalue weighted by Gasteiger charge is 2.43. The first-order chi connectivity index (χ1) is 14.5. The summed E-state index contributed by atoms with van der Waals surface area (Å²) in [5.74, 6) is 1.32. The molecular formula is C22H28FN5O2. The number of halogens is 1. The molecule has 0 aliphatic carbocycles. The Balaban J connectivity index is 1.44. The summed E-state index contributed by atoms with van der Waals surface area (Å²) in [6.07, 6.45) is 2.62. The van der Waals surface area contributed by atoms with Crippen molar-refractivity contribution in [1.82, 2.24) is 25.0 Å². The van der Waals surface area contributed by atoms with Crippen LogP contribution in [0.25, 0.3) is 0 Å². The number of rotatable bonds is 6. The maximum atomic E-state index is 13.0. The van der Waals surface area contributed by atoms with Crippen LogP contribution in [0.1, 0.15) is 61.0 Å². The van der Waals surface area contributed by atoms with Gasteiger partial charge in [0.25, 0.3) is 5.91 Å². The second-order valence-electron chi connectivity index (χ2n) is 8.25. The molecule has 2 aliphatic rings. The Labute approximate surface area is 175 Å². The topological polar surface area (TPSA) is 80.1 Å². The Morgan fingerprint density at radius 3 is 2.60 bits per heavy atom. The fourth-order valence-corrected chi connectivity index (χ4v) is 4.67. The molecule has 1 aromatic heterocycles. The van der Waals surface area contributed by atoms with Crippen LogP contribution < -0.4 is 5.32 Å². The van der Waals surface area contributed by atoms with Crippen LogP contribution in [0, 0.1) is 17.7 Å². The van der Waals surface area contributed by atoms with Crippen molar-refractivity contribution in [2.75, 3.05) is 13.1 Å². The van der Waals surface area contributed by atoms with Gasteiger partial charge in [-0.15, -0.1) is 10.2 Å². The van der Waals surface area contributed by atoms with Crippen LogP contribution >= 0.6 is 0 Å². The minimum absolute atomic E-state index is 0.0795. The van der Waals surface area contributed by atoms with Gasteiger partial charge in [-0.05, 0) is 42.9 Å². The summed E-state index contributed by atoms with van der Waals surface area (Å²) in [6, 6.07) is 6.03. The number of nitrogens with zero attached hydrogens (tertiary/aromatic N) is 4. The number of benzene rings is 1. The molecular weight excluding hydrogens is 385 g/mol. The lowest BCUT2D eigenvalue weighted by molar-refractivity contribution is -0.134. The average Bonchev–Trinajstić information content (AvgIpc) is 3.38. The van der Waals surface area contributed by atoms with Crippen molar-refractivity contribution in [2.45, 2.75) is 52.1 Å². The first-order valence-electron chi connectivity index (χ1n) is 10.8. The highest BCUT2D eigenvalue weighted by Crippen LogP contribution is 2.39. The molecule has 0 unspecified atom stereocenters. The lowest BCUT2D eigenvalue weighted by Crippen LogP contribution is -2.34. The number of carbonyl (C=O) groups is 2. The molecule has 0 spiro atoms. The lowest BCUT2D eigenvalue weighted by Gasteiger charge is -2.24. The van der Waals surface area contributed by atoms with Crippen molar-refractivity contribution in [3.05, 3.63) is 47.3 Å². The van der Waals surface area contributed by atoms with E-state index in [0.717, 1.165) is 37.2 Å². The number of likely N-dealkylation sites (tertiary alicyclic amines) is 1. The van der Waals surface area contributed by atoms with Gasteiger partial charge in [0.2, 0.25) is 11.7 Å². The van der Waals surface area contributed by atoms with E-state index in [1.54, 1.807) is 12.1 Å². The zero-order valence-corrected chi connectivity index (χ0v) is 17.5. The summed E-state index contributed by atoms with van der Waals surface area (Å²) in [5.41, 5.74) is 0.814. The number of nitrogens with one attached hydrogen (secondary N) is 1. The van der Waals surface area contributed by atoms with Gasteiger partial charge < -0.3 is 14.8 Å². The van der Waals surface area contributed by atoms with Gasteiger partial charge in [0.05, 0.1) is 0 Å². The first kappa shape index (κ1) is 20.5. The second-order valence-corrected chi connectivity index (χ2v) is 8.25. The van der Waals surface area contributed by atoms with Crippen LogP contribution in [-0.4, -0.2) is 44.6 Å². The number of carbonyl (C=O) groups excluding carboxylic acids is 2. The van der Waals surface area contributed by atoms with Gasteiger partial charge in [-0.3, -0.25) is 9.59 Å². The highest BCUT2D eigenvalue weighted by atomic mass is 19.1. The maximum Gasteiger partial charge on any atom is 0.289 e. The van der Waals surface area contributed by atoms with E-state index < -0.39 is 0 Å². The average molecular weight is 413 g/mol. The minimum Gasteiger partial charge on any atom is -0.345 e. The molecule has 0 bridgehead atoms. The summed E-state index contributed by atoms with van der Waals surface area (Å²) >= 11 is 0. The first-order valence-corrected chi connectivity index (χ1v) is 10.8. The largest absolute Gasteiger partial charge is 0.345 e. The molecule has 4 rings (SSSR count). The number of aromatic nitrogens is 3. The third kappa shape index (κ3) is 3.82. The zero-order chi connectivity index (χ0) is 21.3. The molecule has 1 N–H and O–H groups in total. The molecule has 1 aromatic carbocycles. The number of hydrogen-bond donors (Lipinski definition) is 1. The standard InChI is InChI=1S/C22H28FN5O2/c1-3-15(4-2)22(30)27-12-16-9-10-28-19(18(16)13-27)25-26-20(28)21(29)24-11-14-5-7-17(23)8-6-14/h5-8,15-16,18H,3-4,9-13H2,1-2H3,(H,24,29)/t16-,18+/m0/s1. The summed E-state index contributed by atoms with van der Waals surface area (Å²) in [5, 5.41) is 11.3. The molecule has 0 saturated carbocycles. The molecule has 2 aliphatic heterocycles. The number of amides is 2. The third-order valence-corrected chi connectivity index (χ3v) is 6.49. The van der Waals surface area contributed by atoms with E-state index in [-0.39, 0.29) is 29.5 Å². The molecule has 1 saturated heterocycles. The van der Waals surface area contributed by atoms with Crippen LogP contribution in [-0.2, 0) is 17.9 Å². The van der Waals surface area contributed by atoms with E-state index in [0.29, 0.717) is 31.4 Å². The second kappa shape index (κ2) is 8.53. The molecule has 2 amide bonds. The molecule has 2 aromatic rings. The summed E-state index contributed by atoms with van der Waals surface area (Å²) in [7, 11) is 0. The normalized spacial score (nSPS) is 20.2. The summed E-state index contributed by atoms with van der Waals surface area (Å²) in [6.45, 7) is 6.50. The molecule has 8 heteroatoms. The fraction of sp³-hybridized carbons (Fsp3) is 0.545. The van der Waals surface area contributed by atoms with Gasteiger partial charge in [-0.1, -0.05) is 26.0 Å². The van der Waals surface area contributed by atoms with Gasteiger partial charge in [0, 0.05) is 38.0 Å². The monoisotopic (exact) mass is 413 g/mol. The number of hydrogen-bond acceptors (Lipinski definition) is 4. The van der Waals surface area contributed by atoms with Crippen molar-refractivity contribution in [3.8, 4) is 0 Å². The van der Waals surface area contributed by atoms with E-state index in [2.05, 4.69) is 29.4 Å². The Hall–Kier alpha value is -2.77. The van der Waals surface area contributed by atoms with Crippen LogP contribution in [0.4, 0.5) is 4.39 Å². The van der Waals surface area contributed by atoms with Crippen LogP contribution in [0.5, 0.6) is 0 Å². The van der Waals surface area contributed by atoms with Gasteiger partial charge >= 0.3 is 0 Å². The van der Waals surface area contributed by atoms with Gasteiger partial charge in [-0.25, -0.2) is 4.39 Å². The zero-order valence-electron chi connectivity index (χ0n) is 17.5. The Bertz CT molecular complexity index is 922. The Morgan fingerprint density at radius 1 is 1.17 bits per heavy atom. The van der Waals surface area contributed by atoms with Crippen molar-refractivity contribution in [1.29, 1.82) is 0 Å². The maximum absolute atomic E-state index is 13.0. The molecule has 30 heavy (non-hydrogen) atoms. The molecule has 3 heterocycles. The van der Waals surface area contributed by atoms with E-state index in [1.807, 2.05) is 9.47 Å². The summed E-state index contributed by atoms with van der Waals surface area (Å²) in [4.78, 5) is 27.5. The van der Waals surface area contributed by atoms with Crippen LogP contribution in [0.15, 0.2) is 24.3 Å². The number of fused-ring (bicyclic) bond motifs is 3. The fourth-order valence-electron chi connectivity index (χ4n) is 4.67. The SMILES string of the molecule is CCC(CC)C(=O)N1C[C@@H]2CCn3c(C(=O)NCc4ccc(F)cc4)nnc3[C@@H]2C1. The van der Waals surface area contributed by atoms with Gasteiger partial charge in [0.15, 0.2) is 0 Å². The highest BCUT2D eigenvalue weighted by molar-refractivity contribution is 5.90. The quantitative estimate of drug-likeness (QED) is 0.790. The van der Waals surface area contributed by atoms with Crippen molar-refractivity contribution < 1.29 is 14.0 Å². The Morgan fingerprint density at radius 2 is 1.90 bits per heavy atom. The molecule has 1 fully saturated rings. The van der Waals surface area contributed by atoms with E-state index in [4.69, 9.17) is 0 Å². The van der Waals surface area contributed by atoms with E-state index in [9.17, 15) is 14.0 Å². The van der Waals surface area contributed by atoms with E-state index in [1.165, 1.54) is 12.1 Å². The lowest BCUT2D eigenvalue weighted by atomic mass is 9.89. The van der Waals surface area contributed by atoms with Crippen molar-refractivity contribution >= 4 is 11.8 Å². The van der Waals surface area contributed by atoms with Gasteiger partial charge in [0.1, 0.15) is 11.6 Å². The molecule has 7 nitrogen and oxygen atoms in total. The van der Waals surface area contributed by atoms with Crippen LogP contribution in [0.3, 0.4) is 0 Å². The van der Waals surface area contributed by atoms with E-state index >= 15 is 0 Å². The predicted molar refractivity (Wildman–Crippen MR) is 109 cm³/mol. The Kier molecular flexibility index (Phi) is 5.83. The molecule has 0 radical (unpaired) electrons. The molecule has 2 atom stereocenters. The van der Waals surface area contributed by atoms with Gasteiger partial charge in [-0.2, -0.15) is 0 Å². The smallest absolute Gasteiger partial charge is 0.289 e. The predicted octanol–water partition coefficient (Wildman–Crippen LogP) is 2.73. The van der Waals surface area contributed by atoms with Crippen molar-refractivity contribution in [2.24, 2.45) is 11.8 Å². The van der Waals surface area contributed by atoms with Crippen molar-refractivity contribution in [3.63, 3.8) is 0 Å². The molecule has 160 valence electrons.